The predicted octanol–water partition coefficient (Wildman–Crippen LogP) is 1.35. The van der Waals surface area contributed by atoms with Crippen molar-refractivity contribution in [1.29, 1.82) is 0 Å². The summed E-state index contributed by atoms with van der Waals surface area (Å²) in [5.74, 6) is -1.54. The molecule has 0 saturated heterocycles. The summed E-state index contributed by atoms with van der Waals surface area (Å²) in [6.07, 6.45) is 0. The highest BCUT2D eigenvalue weighted by Crippen LogP contribution is 2.33. The lowest BCUT2D eigenvalue weighted by atomic mass is 9.93. The first-order chi connectivity index (χ1) is 6.40. The fourth-order valence-corrected chi connectivity index (χ4v) is 1.24. The molecule has 0 fully saturated rings. The average Bonchev–Trinajstić information content (AvgIpc) is 2.14. The van der Waals surface area contributed by atoms with Crippen LogP contribution in [0.4, 0.5) is 4.39 Å². The van der Waals surface area contributed by atoms with Crippen molar-refractivity contribution < 1.29 is 14.6 Å². The van der Waals surface area contributed by atoms with Crippen LogP contribution in [0.25, 0.3) is 0 Å². The number of hydrogen-bond donors (Lipinski definition) is 3. The maximum atomic E-state index is 13.1. The number of aromatic hydroxyl groups is 1. The number of hydrogen-bond acceptors (Lipinski definition) is 3. The van der Waals surface area contributed by atoms with E-state index in [1.54, 1.807) is 0 Å². The van der Waals surface area contributed by atoms with Crippen molar-refractivity contribution in [2.24, 2.45) is 5.73 Å². The van der Waals surface area contributed by atoms with Crippen LogP contribution in [0.5, 0.6) is 5.75 Å². The molecule has 78 valence electrons. The number of aliphatic hydroxyl groups is 1. The molecule has 1 aromatic rings. The van der Waals surface area contributed by atoms with Gasteiger partial charge in [0.05, 0.1) is 17.2 Å². The number of nitrogens with two attached hydrogens (primary N) is 1. The minimum absolute atomic E-state index is 0.127. The molecule has 1 aromatic carbocycles. The van der Waals surface area contributed by atoms with Crippen LogP contribution in [0.2, 0.25) is 5.02 Å². The molecule has 5 heteroatoms. The molecule has 4 N–H and O–H groups in total. The Kier molecular flexibility index (Phi) is 2.99. The topological polar surface area (TPSA) is 66.5 Å². The Labute approximate surface area is 85.9 Å². The highest BCUT2D eigenvalue weighted by molar-refractivity contribution is 6.30. The summed E-state index contributed by atoms with van der Waals surface area (Å²) >= 11 is 5.44. The Morgan fingerprint density at radius 3 is 2.64 bits per heavy atom. The van der Waals surface area contributed by atoms with Gasteiger partial charge in [-0.2, -0.15) is 0 Å². The van der Waals surface area contributed by atoms with Gasteiger partial charge < -0.3 is 15.9 Å². The minimum atomic E-state index is -1.19. The molecular formula is C9H11ClFNO2. The summed E-state index contributed by atoms with van der Waals surface area (Å²) in [7, 11) is 0. The van der Waals surface area contributed by atoms with E-state index in [1.165, 1.54) is 19.1 Å². The molecule has 0 bridgehead atoms. The zero-order valence-electron chi connectivity index (χ0n) is 7.59. The highest BCUT2D eigenvalue weighted by Gasteiger charge is 2.26. The molecule has 0 spiro atoms. The molecule has 0 aromatic heterocycles. The van der Waals surface area contributed by atoms with E-state index in [9.17, 15) is 9.50 Å². The van der Waals surface area contributed by atoms with Gasteiger partial charge in [-0.15, -0.1) is 0 Å². The van der Waals surface area contributed by atoms with Gasteiger partial charge in [0.25, 0.3) is 0 Å². The van der Waals surface area contributed by atoms with Gasteiger partial charge in [-0.3, -0.25) is 0 Å². The molecule has 0 unspecified atom stereocenters. The van der Waals surface area contributed by atoms with E-state index in [4.69, 9.17) is 22.4 Å². The lowest BCUT2D eigenvalue weighted by Crippen LogP contribution is -2.37. The molecule has 1 rings (SSSR count). The van der Waals surface area contributed by atoms with E-state index in [2.05, 4.69) is 0 Å². The van der Waals surface area contributed by atoms with Crippen molar-refractivity contribution in [3.05, 3.63) is 28.5 Å². The molecule has 1 atom stereocenters. The summed E-state index contributed by atoms with van der Waals surface area (Å²) in [4.78, 5) is 0. The van der Waals surface area contributed by atoms with Gasteiger partial charge in [0.2, 0.25) is 0 Å². The molecule has 0 radical (unpaired) electrons. The monoisotopic (exact) mass is 219 g/mol. The number of halogens is 2. The summed E-state index contributed by atoms with van der Waals surface area (Å²) in [5, 5.41) is 18.2. The largest absolute Gasteiger partial charge is 0.505 e. The first-order valence-electron chi connectivity index (χ1n) is 3.97. The van der Waals surface area contributed by atoms with Gasteiger partial charge in [-0.1, -0.05) is 17.7 Å². The van der Waals surface area contributed by atoms with E-state index in [-0.39, 0.29) is 10.6 Å². The van der Waals surface area contributed by atoms with Crippen LogP contribution in [0.3, 0.4) is 0 Å². The Bertz CT molecular complexity index is 355. The van der Waals surface area contributed by atoms with Crippen molar-refractivity contribution in [2.75, 3.05) is 6.61 Å². The third-order valence-corrected chi connectivity index (χ3v) is 2.30. The van der Waals surface area contributed by atoms with E-state index >= 15 is 0 Å². The lowest BCUT2D eigenvalue weighted by Gasteiger charge is -2.23. The third-order valence-electron chi connectivity index (χ3n) is 2.01. The van der Waals surface area contributed by atoms with Crippen LogP contribution in [-0.4, -0.2) is 16.8 Å². The van der Waals surface area contributed by atoms with Crippen LogP contribution < -0.4 is 5.73 Å². The van der Waals surface area contributed by atoms with Crippen LogP contribution >= 0.6 is 11.6 Å². The average molecular weight is 220 g/mol. The summed E-state index contributed by atoms with van der Waals surface area (Å²) in [5.41, 5.74) is 4.58. The predicted molar refractivity (Wildman–Crippen MR) is 51.7 cm³/mol. The lowest BCUT2D eigenvalue weighted by molar-refractivity contribution is 0.206. The molecule has 0 aliphatic rings. The second kappa shape index (κ2) is 3.73. The van der Waals surface area contributed by atoms with Crippen molar-refractivity contribution in [2.45, 2.75) is 12.5 Å². The number of benzene rings is 1. The first-order valence-corrected chi connectivity index (χ1v) is 4.35. The summed E-state index contributed by atoms with van der Waals surface area (Å²) in [6.45, 7) is 1.08. The number of rotatable bonds is 2. The number of aliphatic hydroxyl groups excluding tert-OH is 1. The van der Waals surface area contributed by atoms with Crippen LogP contribution in [0, 0.1) is 5.82 Å². The SMILES string of the molecule is C[C@@](N)(CO)c1ccc(Cl)c(F)c1O. The van der Waals surface area contributed by atoms with Gasteiger partial charge in [-0.05, 0) is 13.0 Å². The van der Waals surface area contributed by atoms with E-state index in [0.29, 0.717) is 0 Å². The third kappa shape index (κ3) is 1.82. The Morgan fingerprint density at radius 1 is 1.57 bits per heavy atom. The highest BCUT2D eigenvalue weighted by atomic mass is 35.5. The van der Waals surface area contributed by atoms with Crippen LogP contribution in [0.1, 0.15) is 12.5 Å². The van der Waals surface area contributed by atoms with Gasteiger partial charge >= 0.3 is 0 Å². The smallest absolute Gasteiger partial charge is 0.183 e. The maximum Gasteiger partial charge on any atom is 0.183 e. The quantitative estimate of drug-likeness (QED) is 0.704. The molecule has 0 aliphatic carbocycles. The summed E-state index contributed by atoms with van der Waals surface area (Å²) in [6, 6.07) is 2.67. The Morgan fingerprint density at radius 2 is 2.14 bits per heavy atom. The fourth-order valence-electron chi connectivity index (χ4n) is 1.09. The minimum Gasteiger partial charge on any atom is -0.505 e. The zero-order chi connectivity index (χ0) is 10.9. The van der Waals surface area contributed by atoms with Crippen LogP contribution in [0.15, 0.2) is 12.1 Å². The van der Waals surface area contributed by atoms with Crippen molar-refractivity contribution in [3.8, 4) is 5.75 Å². The molecular weight excluding hydrogens is 209 g/mol. The second-order valence-corrected chi connectivity index (χ2v) is 3.74. The van der Waals surface area contributed by atoms with Crippen molar-refractivity contribution in [3.63, 3.8) is 0 Å². The Hall–Kier alpha value is -0.840. The molecule has 14 heavy (non-hydrogen) atoms. The molecule has 3 nitrogen and oxygen atoms in total. The normalized spacial score (nSPS) is 15.2. The van der Waals surface area contributed by atoms with Gasteiger partial charge in [0, 0.05) is 5.56 Å². The van der Waals surface area contributed by atoms with E-state index < -0.39 is 23.7 Å². The van der Waals surface area contributed by atoms with Crippen LogP contribution in [-0.2, 0) is 5.54 Å². The van der Waals surface area contributed by atoms with E-state index in [0.717, 1.165) is 0 Å². The number of phenolic OH excluding ortho intramolecular Hbond substituents is 1. The van der Waals surface area contributed by atoms with Crippen molar-refractivity contribution >= 4 is 11.6 Å². The zero-order valence-corrected chi connectivity index (χ0v) is 8.35. The van der Waals surface area contributed by atoms with Gasteiger partial charge in [-0.25, -0.2) is 4.39 Å². The summed E-state index contributed by atoms with van der Waals surface area (Å²) < 4.78 is 13.1. The fraction of sp³-hybridized carbons (Fsp3) is 0.333. The van der Waals surface area contributed by atoms with Crippen molar-refractivity contribution in [1.82, 2.24) is 0 Å². The molecule has 0 heterocycles. The van der Waals surface area contributed by atoms with Gasteiger partial charge in [0.1, 0.15) is 0 Å². The first kappa shape index (κ1) is 11.2. The molecule has 0 amide bonds. The molecule has 0 saturated carbocycles. The standard InChI is InChI=1S/C9H11ClFNO2/c1-9(12,4-13)5-2-3-6(10)7(11)8(5)14/h2-3,13-14H,4,12H2,1H3/t9-/m1/s1. The van der Waals surface area contributed by atoms with Gasteiger partial charge in [0.15, 0.2) is 11.6 Å². The Balaban J connectivity index is 3.31. The maximum absolute atomic E-state index is 13.1. The number of phenols is 1. The van der Waals surface area contributed by atoms with E-state index in [1.807, 2.05) is 0 Å². The molecule has 0 aliphatic heterocycles. The second-order valence-electron chi connectivity index (χ2n) is 3.33.